The Labute approximate surface area is 94.2 Å². The number of allylic oxidation sites excluding steroid dienone is 1. The molecule has 0 aromatic heterocycles. The van der Waals surface area contributed by atoms with Crippen molar-refractivity contribution >= 4 is 15.0 Å². The molecule has 0 rings (SSSR count). The topological polar surface area (TPSA) is 35.5 Å². The van der Waals surface area contributed by atoms with Gasteiger partial charge in [-0.1, -0.05) is 26.3 Å². The van der Waals surface area contributed by atoms with E-state index in [0.29, 0.717) is 11.8 Å². The van der Waals surface area contributed by atoms with Gasteiger partial charge in [0.2, 0.25) is 0 Å². The summed E-state index contributed by atoms with van der Waals surface area (Å²) < 4.78 is 10.5. The highest BCUT2D eigenvalue weighted by Crippen LogP contribution is 2.05. The minimum Gasteiger partial charge on any atom is -0.516 e. The lowest BCUT2D eigenvalue weighted by Gasteiger charge is -2.14. The Morgan fingerprint density at radius 1 is 1.40 bits per heavy atom. The predicted molar refractivity (Wildman–Crippen MR) is 64.3 cm³/mol. The van der Waals surface area contributed by atoms with Crippen LogP contribution in [0.25, 0.3) is 0 Å². The molecule has 1 atom stereocenters. The number of rotatable bonds is 7. The van der Waals surface area contributed by atoms with Crippen LogP contribution in [0.4, 0.5) is 0 Å². The molecule has 0 heterocycles. The zero-order chi connectivity index (χ0) is 11.7. The van der Waals surface area contributed by atoms with Crippen LogP contribution >= 0.6 is 0 Å². The average Bonchev–Trinajstić information content (AvgIpc) is 2.18. The van der Waals surface area contributed by atoms with Gasteiger partial charge in [-0.25, -0.2) is 4.79 Å². The lowest BCUT2D eigenvalue weighted by atomic mass is 10.2. The highest BCUT2D eigenvalue weighted by molar-refractivity contribution is 6.54. The lowest BCUT2D eigenvalue weighted by molar-refractivity contribution is -0.130. The number of ether oxygens (including phenoxy) is 1. The van der Waals surface area contributed by atoms with E-state index in [0.717, 1.165) is 18.9 Å². The van der Waals surface area contributed by atoms with E-state index in [1.165, 1.54) is 0 Å². The minimum absolute atomic E-state index is 0.168. The normalized spacial score (nSPS) is 13.7. The molecule has 0 N–H and O–H groups in total. The third-order valence-corrected chi connectivity index (χ3v) is 4.54. The molecule has 0 fully saturated rings. The van der Waals surface area contributed by atoms with Crippen molar-refractivity contribution in [2.24, 2.45) is 0 Å². The minimum atomic E-state index is -1.49. The molecule has 88 valence electrons. The number of carbonyl (C=O) groups excluding carboxylic acids is 1. The lowest BCUT2D eigenvalue weighted by Crippen LogP contribution is -2.28. The third-order valence-electron chi connectivity index (χ3n) is 2.07. The highest BCUT2D eigenvalue weighted by Gasteiger charge is 2.16. The molecule has 0 aliphatic heterocycles. The van der Waals surface area contributed by atoms with E-state index in [1.54, 1.807) is 14.0 Å². The zero-order valence-corrected chi connectivity index (χ0v) is 11.4. The third kappa shape index (κ3) is 6.46. The maximum absolute atomic E-state index is 11.6. The van der Waals surface area contributed by atoms with Gasteiger partial charge in [-0.05, 0) is 19.4 Å². The van der Waals surface area contributed by atoms with Crippen molar-refractivity contribution in [1.29, 1.82) is 0 Å². The summed E-state index contributed by atoms with van der Waals surface area (Å²) in [5.74, 6) is -0.168. The Kier molecular flexibility index (Phi) is 8.32. The molecule has 0 aliphatic carbocycles. The fraction of sp³-hybridized carbons (Fsp3) is 0.727. The largest absolute Gasteiger partial charge is 0.516 e. The molecule has 1 unspecified atom stereocenters. The van der Waals surface area contributed by atoms with E-state index < -0.39 is 9.04 Å². The molecule has 0 aliphatic rings. The molecule has 0 aromatic rings. The molecule has 0 saturated heterocycles. The van der Waals surface area contributed by atoms with Crippen LogP contribution in [-0.4, -0.2) is 28.3 Å². The Balaban J connectivity index is 4.15. The molecule has 0 amide bonds. The first-order valence-corrected chi connectivity index (χ1v) is 7.62. The standard InChI is InChI=1S/C11H22O3Si/c1-5-7-10(3)11(12)14-15(8-6-2)9-13-4/h7,15H,5-6,8-9H2,1-4H3. The van der Waals surface area contributed by atoms with Crippen molar-refractivity contribution in [2.45, 2.75) is 39.7 Å². The van der Waals surface area contributed by atoms with Crippen molar-refractivity contribution in [3.8, 4) is 0 Å². The highest BCUT2D eigenvalue weighted by atomic mass is 28.3. The van der Waals surface area contributed by atoms with Crippen LogP contribution in [-0.2, 0) is 14.0 Å². The first kappa shape index (κ1) is 14.4. The van der Waals surface area contributed by atoms with Gasteiger partial charge in [-0.2, -0.15) is 0 Å². The first-order valence-electron chi connectivity index (χ1n) is 5.52. The molecule has 0 radical (unpaired) electrons. The van der Waals surface area contributed by atoms with E-state index >= 15 is 0 Å². The molecular formula is C11H22O3Si. The summed E-state index contributed by atoms with van der Waals surface area (Å²) in [7, 11) is 0.166. The van der Waals surface area contributed by atoms with Crippen molar-refractivity contribution in [1.82, 2.24) is 0 Å². The van der Waals surface area contributed by atoms with Crippen LogP contribution in [0.1, 0.15) is 33.6 Å². The van der Waals surface area contributed by atoms with Gasteiger partial charge in [-0.3, -0.25) is 0 Å². The van der Waals surface area contributed by atoms with E-state index in [9.17, 15) is 4.79 Å². The Morgan fingerprint density at radius 3 is 2.53 bits per heavy atom. The Bertz CT molecular complexity index is 208. The van der Waals surface area contributed by atoms with E-state index in [-0.39, 0.29) is 5.97 Å². The summed E-state index contributed by atoms with van der Waals surface area (Å²) >= 11 is 0. The molecule has 0 aromatic carbocycles. The summed E-state index contributed by atoms with van der Waals surface area (Å²) in [6, 6.07) is 0.985. The molecule has 0 bridgehead atoms. The second kappa shape index (κ2) is 8.68. The fourth-order valence-corrected chi connectivity index (χ4v) is 3.17. The van der Waals surface area contributed by atoms with Gasteiger partial charge in [0.25, 0.3) is 9.04 Å². The number of carbonyl (C=O) groups is 1. The monoisotopic (exact) mass is 230 g/mol. The van der Waals surface area contributed by atoms with Crippen LogP contribution in [0.15, 0.2) is 11.6 Å². The van der Waals surface area contributed by atoms with Gasteiger partial charge in [0, 0.05) is 12.7 Å². The van der Waals surface area contributed by atoms with Gasteiger partial charge >= 0.3 is 5.97 Å². The smallest absolute Gasteiger partial charge is 0.319 e. The van der Waals surface area contributed by atoms with Crippen LogP contribution in [0.3, 0.4) is 0 Å². The molecular weight excluding hydrogens is 208 g/mol. The predicted octanol–water partition coefficient (Wildman–Crippen LogP) is 2.21. The van der Waals surface area contributed by atoms with E-state index in [2.05, 4.69) is 6.92 Å². The fourth-order valence-electron chi connectivity index (χ4n) is 1.32. The van der Waals surface area contributed by atoms with Gasteiger partial charge in [-0.15, -0.1) is 0 Å². The average molecular weight is 230 g/mol. The van der Waals surface area contributed by atoms with E-state index in [1.807, 2.05) is 13.0 Å². The van der Waals surface area contributed by atoms with E-state index in [4.69, 9.17) is 9.16 Å². The van der Waals surface area contributed by atoms with Crippen LogP contribution in [0.2, 0.25) is 6.04 Å². The first-order chi connectivity index (χ1) is 7.15. The Morgan fingerprint density at radius 2 is 2.07 bits per heavy atom. The zero-order valence-electron chi connectivity index (χ0n) is 10.2. The van der Waals surface area contributed by atoms with Crippen molar-refractivity contribution < 1.29 is 14.0 Å². The Hall–Kier alpha value is -0.613. The van der Waals surface area contributed by atoms with Gasteiger partial charge in [0.1, 0.15) is 0 Å². The van der Waals surface area contributed by atoms with Gasteiger partial charge < -0.3 is 9.16 Å². The molecule has 15 heavy (non-hydrogen) atoms. The molecule has 3 nitrogen and oxygen atoms in total. The quantitative estimate of drug-likeness (QED) is 0.497. The maximum atomic E-state index is 11.6. The van der Waals surface area contributed by atoms with Crippen LogP contribution in [0.5, 0.6) is 0 Å². The SMILES string of the molecule is CCC=C(C)C(=O)O[SiH](CCC)COC. The number of methoxy groups -OCH3 is 1. The van der Waals surface area contributed by atoms with Crippen LogP contribution < -0.4 is 0 Å². The molecule has 0 spiro atoms. The van der Waals surface area contributed by atoms with Crippen molar-refractivity contribution in [3.05, 3.63) is 11.6 Å². The molecule has 0 saturated carbocycles. The summed E-state index contributed by atoms with van der Waals surface area (Å²) in [4.78, 5) is 11.6. The number of hydrogen-bond donors (Lipinski definition) is 0. The van der Waals surface area contributed by atoms with Gasteiger partial charge in [0.15, 0.2) is 0 Å². The summed E-state index contributed by atoms with van der Waals surface area (Å²) in [5, 5.41) is 0. The number of hydrogen-bond acceptors (Lipinski definition) is 3. The van der Waals surface area contributed by atoms with Gasteiger partial charge in [0.05, 0.1) is 6.23 Å². The van der Waals surface area contributed by atoms with Crippen molar-refractivity contribution in [3.63, 3.8) is 0 Å². The maximum Gasteiger partial charge on any atom is 0.319 e. The summed E-state index contributed by atoms with van der Waals surface area (Å²) in [6.07, 6.45) is 4.42. The molecule has 4 heteroatoms. The second-order valence-corrected chi connectivity index (χ2v) is 5.96. The van der Waals surface area contributed by atoms with Crippen molar-refractivity contribution in [2.75, 3.05) is 13.3 Å². The van der Waals surface area contributed by atoms with Crippen LogP contribution in [0, 0.1) is 0 Å². The summed E-state index contributed by atoms with van der Waals surface area (Å²) in [5.41, 5.74) is 0.710. The summed E-state index contributed by atoms with van der Waals surface area (Å²) in [6.45, 7) is 5.90. The second-order valence-electron chi connectivity index (χ2n) is 3.57.